The fourth-order valence-corrected chi connectivity index (χ4v) is 2.63. The Balaban J connectivity index is 2.04. The number of aliphatic hydroxyl groups excluding tert-OH is 1. The normalized spacial score (nSPS) is 21.9. The van der Waals surface area contributed by atoms with Gasteiger partial charge in [0.1, 0.15) is 0 Å². The van der Waals surface area contributed by atoms with Crippen LogP contribution in [0.5, 0.6) is 0 Å². The molecule has 2 rings (SSSR count). The first-order valence-electron chi connectivity index (χ1n) is 7.79. The number of aryl methyl sites for hydroxylation is 1. The number of pyridine rings is 1. The van der Waals surface area contributed by atoms with E-state index in [2.05, 4.69) is 22.5 Å². The molecule has 0 aromatic carbocycles. The molecule has 21 heavy (non-hydrogen) atoms. The Labute approximate surface area is 126 Å². The molecule has 1 amide bonds. The Morgan fingerprint density at radius 3 is 2.76 bits per heavy atom. The molecule has 116 valence electrons. The number of nitrogens with zero attached hydrogens (tertiary/aromatic N) is 1. The minimum absolute atomic E-state index is 0.0810. The first-order valence-corrected chi connectivity index (χ1v) is 7.79. The second kappa shape index (κ2) is 7.41. The van der Waals surface area contributed by atoms with Crippen LogP contribution in [0.4, 0.5) is 5.69 Å². The largest absolute Gasteiger partial charge is 0.393 e. The third-order valence-corrected chi connectivity index (χ3v) is 3.88. The van der Waals surface area contributed by atoms with Gasteiger partial charge in [-0.2, -0.15) is 0 Å². The summed E-state index contributed by atoms with van der Waals surface area (Å²) in [7, 11) is 0. The second-order valence-corrected chi connectivity index (χ2v) is 5.78. The van der Waals surface area contributed by atoms with Gasteiger partial charge in [0.15, 0.2) is 0 Å². The van der Waals surface area contributed by atoms with Crippen molar-refractivity contribution in [3.05, 3.63) is 23.5 Å². The molecule has 0 radical (unpaired) electrons. The lowest BCUT2D eigenvalue weighted by Crippen LogP contribution is -2.38. The average Bonchev–Trinajstić information content (AvgIpc) is 2.47. The summed E-state index contributed by atoms with van der Waals surface area (Å²) in [6, 6.07) is 2.07. The van der Waals surface area contributed by atoms with E-state index in [-0.39, 0.29) is 18.1 Å². The molecular formula is C16H25N3O2. The molecule has 0 aliphatic heterocycles. The summed E-state index contributed by atoms with van der Waals surface area (Å²) in [5.74, 6) is -0.0810. The van der Waals surface area contributed by atoms with Crippen molar-refractivity contribution >= 4 is 11.6 Å². The van der Waals surface area contributed by atoms with E-state index in [0.29, 0.717) is 5.56 Å². The first kappa shape index (κ1) is 15.8. The molecule has 1 aliphatic rings. The van der Waals surface area contributed by atoms with Gasteiger partial charge in [-0.25, -0.2) is 0 Å². The van der Waals surface area contributed by atoms with E-state index in [9.17, 15) is 9.90 Å². The molecule has 5 nitrogen and oxygen atoms in total. The fourth-order valence-electron chi connectivity index (χ4n) is 2.63. The number of aliphatic hydroxyl groups is 1. The smallest absolute Gasteiger partial charge is 0.255 e. The lowest BCUT2D eigenvalue weighted by molar-refractivity contribution is 0.0868. The predicted molar refractivity (Wildman–Crippen MR) is 83.5 cm³/mol. The zero-order valence-corrected chi connectivity index (χ0v) is 12.9. The number of carbonyl (C=O) groups is 1. The Morgan fingerprint density at radius 2 is 2.10 bits per heavy atom. The van der Waals surface area contributed by atoms with E-state index in [1.165, 1.54) is 0 Å². The third kappa shape index (κ3) is 4.43. The van der Waals surface area contributed by atoms with Gasteiger partial charge in [0.2, 0.25) is 0 Å². The van der Waals surface area contributed by atoms with Gasteiger partial charge < -0.3 is 15.7 Å². The number of rotatable bonds is 5. The van der Waals surface area contributed by atoms with Gasteiger partial charge in [-0.3, -0.25) is 9.78 Å². The monoisotopic (exact) mass is 291 g/mol. The molecule has 1 aliphatic carbocycles. The molecule has 3 N–H and O–H groups in total. The topological polar surface area (TPSA) is 74.2 Å². The van der Waals surface area contributed by atoms with Crippen molar-refractivity contribution in [2.24, 2.45) is 0 Å². The second-order valence-electron chi connectivity index (χ2n) is 5.78. The number of hydrogen-bond donors (Lipinski definition) is 3. The molecular weight excluding hydrogens is 266 g/mol. The molecule has 1 aromatic heterocycles. The SMILES string of the molecule is CCCNc1cc(C)ncc1C(=O)NC1CCC(O)CC1. The lowest BCUT2D eigenvalue weighted by atomic mass is 9.93. The van der Waals surface area contributed by atoms with Crippen LogP contribution in [0.15, 0.2) is 12.3 Å². The van der Waals surface area contributed by atoms with Gasteiger partial charge in [0, 0.05) is 24.5 Å². The summed E-state index contributed by atoms with van der Waals surface area (Å²) < 4.78 is 0. The van der Waals surface area contributed by atoms with E-state index < -0.39 is 0 Å². The van der Waals surface area contributed by atoms with Crippen molar-refractivity contribution in [3.63, 3.8) is 0 Å². The predicted octanol–water partition coefficient (Wildman–Crippen LogP) is 2.25. The maximum absolute atomic E-state index is 12.4. The van der Waals surface area contributed by atoms with E-state index in [0.717, 1.165) is 50.0 Å². The summed E-state index contributed by atoms with van der Waals surface area (Å²) in [4.78, 5) is 16.7. The highest BCUT2D eigenvalue weighted by atomic mass is 16.3. The van der Waals surface area contributed by atoms with Gasteiger partial charge in [0.05, 0.1) is 17.4 Å². The lowest BCUT2D eigenvalue weighted by Gasteiger charge is -2.26. The first-order chi connectivity index (χ1) is 10.1. The van der Waals surface area contributed by atoms with Crippen molar-refractivity contribution in [3.8, 4) is 0 Å². The molecule has 1 heterocycles. The van der Waals surface area contributed by atoms with Crippen molar-refractivity contribution in [1.29, 1.82) is 0 Å². The Morgan fingerprint density at radius 1 is 1.38 bits per heavy atom. The highest BCUT2D eigenvalue weighted by Crippen LogP contribution is 2.20. The number of amides is 1. The molecule has 1 fully saturated rings. The van der Waals surface area contributed by atoms with Crippen LogP contribution < -0.4 is 10.6 Å². The fraction of sp³-hybridized carbons (Fsp3) is 0.625. The van der Waals surface area contributed by atoms with E-state index in [1.54, 1.807) is 6.20 Å². The highest BCUT2D eigenvalue weighted by molar-refractivity contribution is 5.99. The van der Waals surface area contributed by atoms with Gasteiger partial charge >= 0.3 is 0 Å². The maximum Gasteiger partial charge on any atom is 0.255 e. The molecule has 1 aromatic rings. The van der Waals surface area contributed by atoms with E-state index >= 15 is 0 Å². The Bertz CT molecular complexity index is 482. The number of carbonyl (C=O) groups excluding carboxylic acids is 1. The average molecular weight is 291 g/mol. The quantitative estimate of drug-likeness (QED) is 0.778. The molecule has 0 bridgehead atoms. The molecule has 0 unspecified atom stereocenters. The maximum atomic E-state index is 12.4. The zero-order valence-electron chi connectivity index (χ0n) is 12.9. The third-order valence-electron chi connectivity index (χ3n) is 3.88. The number of aromatic nitrogens is 1. The van der Waals surface area contributed by atoms with Gasteiger partial charge in [-0.05, 0) is 45.1 Å². The number of nitrogens with one attached hydrogen (secondary N) is 2. The van der Waals surface area contributed by atoms with Crippen molar-refractivity contribution in [2.45, 2.75) is 58.1 Å². The van der Waals surface area contributed by atoms with Crippen LogP contribution in [0.25, 0.3) is 0 Å². The molecule has 5 heteroatoms. The van der Waals surface area contributed by atoms with Crippen LogP contribution in [0.3, 0.4) is 0 Å². The number of hydrogen-bond acceptors (Lipinski definition) is 4. The van der Waals surface area contributed by atoms with Crippen molar-refractivity contribution in [2.75, 3.05) is 11.9 Å². The van der Waals surface area contributed by atoms with Gasteiger partial charge in [-0.1, -0.05) is 6.92 Å². The van der Waals surface area contributed by atoms with E-state index in [4.69, 9.17) is 0 Å². The van der Waals surface area contributed by atoms with Crippen molar-refractivity contribution in [1.82, 2.24) is 10.3 Å². The van der Waals surface area contributed by atoms with E-state index in [1.807, 2.05) is 13.0 Å². The highest BCUT2D eigenvalue weighted by Gasteiger charge is 2.22. The van der Waals surface area contributed by atoms with Gasteiger partial charge in [-0.15, -0.1) is 0 Å². The summed E-state index contributed by atoms with van der Waals surface area (Å²) in [6.07, 6.45) is 5.63. The summed E-state index contributed by atoms with van der Waals surface area (Å²) in [5.41, 5.74) is 2.34. The molecule has 1 saturated carbocycles. The minimum Gasteiger partial charge on any atom is -0.393 e. The van der Waals surface area contributed by atoms with Crippen LogP contribution in [-0.2, 0) is 0 Å². The summed E-state index contributed by atoms with van der Waals surface area (Å²) >= 11 is 0. The van der Waals surface area contributed by atoms with Crippen LogP contribution in [0.1, 0.15) is 55.1 Å². The Kier molecular flexibility index (Phi) is 5.56. The molecule has 0 atom stereocenters. The summed E-state index contributed by atoms with van der Waals surface area (Å²) in [5, 5.41) is 15.9. The zero-order chi connectivity index (χ0) is 15.2. The molecule has 0 spiro atoms. The number of anilines is 1. The van der Waals surface area contributed by atoms with Crippen LogP contribution in [-0.4, -0.2) is 34.7 Å². The van der Waals surface area contributed by atoms with Crippen molar-refractivity contribution < 1.29 is 9.90 Å². The minimum atomic E-state index is -0.207. The van der Waals surface area contributed by atoms with Crippen LogP contribution >= 0.6 is 0 Å². The van der Waals surface area contributed by atoms with Gasteiger partial charge in [0.25, 0.3) is 5.91 Å². The summed E-state index contributed by atoms with van der Waals surface area (Å²) in [6.45, 7) is 4.84. The Hall–Kier alpha value is -1.62. The van der Waals surface area contributed by atoms with Crippen LogP contribution in [0.2, 0.25) is 0 Å². The standard InChI is InChI=1S/C16H25N3O2/c1-3-8-17-15-9-11(2)18-10-14(15)16(21)19-12-4-6-13(20)7-5-12/h9-10,12-13,20H,3-8H2,1-2H3,(H,17,18)(H,19,21). The van der Waals surface area contributed by atoms with Crippen LogP contribution in [0, 0.1) is 6.92 Å². The molecule has 0 saturated heterocycles.